The topological polar surface area (TPSA) is 74.8 Å². The minimum Gasteiger partial charge on any atom is -0.496 e. The summed E-state index contributed by atoms with van der Waals surface area (Å²) in [4.78, 5) is 17.2. The molecule has 1 amide bonds. The summed E-state index contributed by atoms with van der Waals surface area (Å²) >= 11 is 1.45. The van der Waals surface area contributed by atoms with Crippen LogP contribution in [0.3, 0.4) is 0 Å². The number of ether oxygens (including phenoxy) is 1. The number of nitrogens with one attached hydrogen (secondary N) is 3. The fourth-order valence-corrected chi connectivity index (χ4v) is 3.12. The first-order valence-electron chi connectivity index (χ1n) is 9.11. The highest BCUT2D eigenvalue weighted by Gasteiger charge is 2.06. The first kappa shape index (κ1) is 24.2. The number of thiophene rings is 1. The SMILES string of the molecule is CCNC(=NCc1ccc(C)cc1OC)NCCCNC(=O)c1cccs1.I. The molecule has 1 aromatic heterocycles. The number of methoxy groups -OCH3 is 1. The molecule has 0 radical (unpaired) electrons. The van der Waals surface area contributed by atoms with E-state index in [0.717, 1.165) is 47.2 Å². The highest BCUT2D eigenvalue weighted by molar-refractivity contribution is 14.0. The molecule has 3 N–H and O–H groups in total. The Hall–Kier alpha value is -1.81. The van der Waals surface area contributed by atoms with Crippen LogP contribution in [0.25, 0.3) is 0 Å². The summed E-state index contributed by atoms with van der Waals surface area (Å²) in [5.41, 5.74) is 2.21. The molecule has 0 bridgehead atoms. The van der Waals surface area contributed by atoms with Crippen LogP contribution in [-0.4, -0.2) is 38.6 Å². The number of guanidine groups is 1. The Kier molecular flexibility index (Phi) is 11.6. The highest BCUT2D eigenvalue weighted by Crippen LogP contribution is 2.20. The molecule has 0 unspecified atom stereocenters. The summed E-state index contributed by atoms with van der Waals surface area (Å²) in [6.07, 6.45) is 0.815. The van der Waals surface area contributed by atoms with Gasteiger partial charge in [0.25, 0.3) is 5.91 Å². The zero-order valence-corrected chi connectivity index (χ0v) is 19.7. The lowest BCUT2D eigenvalue weighted by Crippen LogP contribution is -2.38. The van der Waals surface area contributed by atoms with E-state index in [4.69, 9.17) is 4.74 Å². The third-order valence-electron chi connectivity index (χ3n) is 3.87. The summed E-state index contributed by atoms with van der Waals surface area (Å²) < 4.78 is 5.44. The monoisotopic (exact) mass is 516 g/mol. The van der Waals surface area contributed by atoms with Gasteiger partial charge < -0.3 is 20.7 Å². The normalized spacial score (nSPS) is 10.8. The van der Waals surface area contributed by atoms with E-state index in [1.807, 2.05) is 43.5 Å². The second-order valence-electron chi connectivity index (χ2n) is 6.02. The Labute approximate surface area is 188 Å². The molecule has 8 heteroatoms. The average Bonchev–Trinajstić information content (AvgIpc) is 3.21. The second-order valence-corrected chi connectivity index (χ2v) is 6.97. The number of halogens is 1. The van der Waals surface area contributed by atoms with Crippen molar-refractivity contribution >= 4 is 47.2 Å². The number of carbonyl (C=O) groups excluding carboxylic acids is 1. The zero-order chi connectivity index (χ0) is 19.5. The first-order valence-corrected chi connectivity index (χ1v) is 9.99. The summed E-state index contributed by atoms with van der Waals surface area (Å²) in [5.74, 6) is 1.59. The molecular weight excluding hydrogens is 487 g/mol. The number of benzene rings is 1. The third kappa shape index (κ3) is 8.05. The number of aryl methyl sites for hydroxylation is 1. The highest BCUT2D eigenvalue weighted by atomic mass is 127. The van der Waals surface area contributed by atoms with Gasteiger partial charge in [0.15, 0.2) is 5.96 Å². The summed E-state index contributed by atoms with van der Waals surface area (Å²) in [6.45, 7) is 6.74. The largest absolute Gasteiger partial charge is 0.496 e. The van der Waals surface area contributed by atoms with Gasteiger partial charge in [-0.15, -0.1) is 35.3 Å². The quantitative estimate of drug-likeness (QED) is 0.206. The lowest BCUT2D eigenvalue weighted by molar-refractivity contribution is 0.0957. The maximum atomic E-state index is 11.9. The van der Waals surface area contributed by atoms with E-state index in [-0.39, 0.29) is 29.9 Å². The molecule has 0 spiro atoms. The number of aliphatic imine (C=N–C) groups is 1. The van der Waals surface area contributed by atoms with E-state index < -0.39 is 0 Å². The zero-order valence-electron chi connectivity index (χ0n) is 16.6. The van der Waals surface area contributed by atoms with E-state index in [9.17, 15) is 4.79 Å². The van der Waals surface area contributed by atoms with Crippen LogP contribution in [0.4, 0.5) is 0 Å². The van der Waals surface area contributed by atoms with Gasteiger partial charge in [-0.05, 0) is 43.3 Å². The molecule has 1 heterocycles. The van der Waals surface area contributed by atoms with Crippen molar-refractivity contribution in [2.75, 3.05) is 26.7 Å². The number of amides is 1. The molecule has 2 aromatic rings. The predicted octanol–water partition coefficient (Wildman–Crippen LogP) is 3.56. The fraction of sp³-hybridized carbons (Fsp3) is 0.400. The van der Waals surface area contributed by atoms with Gasteiger partial charge in [0.1, 0.15) is 5.75 Å². The van der Waals surface area contributed by atoms with Crippen molar-refractivity contribution in [2.24, 2.45) is 4.99 Å². The molecule has 0 aliphatic heterocycles. The molecule has 6 nitrogen and oxygen atoms in total. The van der Waals surface area contributed by atoms with Gasteiger partial charge in [-0.3, -0.25) is 4.79 Å². The lowest BCUT2D eigenvalue weighted by Gasteiger charge is -2.12. The Morgan fingerprint density at radius 1 is 1.18 bits per heavy atom. The van der Waals surface area contributed by atoms with Crippen LogP contribution in [0.2, 0.25) is 0 Å². The molecule has 154 valence electrons. The van der Waals surface area contributed by atoms with Gasteiger partial charge in [-0.2, -0.15) is 0 Å². The van der Waals surface area contributed by atoms with Crippen LogP contribution in [-0.2, 0) is 6.54 Å². The van der Waals surface area contributed by atoms with Gasteiger partial charge in [0.2, 0.25) is 0 Å². The Morgan fingerprint density at radius 2 is 1.96 bits per heavy atom. The van der Waals surface area contributed by atoms with Crippen LogP contribution in [0.1, 0.15) is 34.1 Å². The number of rotatable bonds is 9. The van der Waals surface area contributed by atoms with Crippen molar-refractivity contribution in [1.82, 2.24) is 16.0 Å². The average molecular weight is 516 g/mol. The summed E-state index contributed by atoms with van der Waals surface area (Å²) in [7, 11) is 1.68. The Bertz CT molecular complexity index is 751. The van der Waals surface area contributed by atoms with Crippen molar-refractivity contribution in [3.8, 4) is 5.75 Å². The first-order chi connectivity index (χ1) is 13.1. The maximum absolute atomic E-state index is 11.9. The predicted molar refractivity (Wildman–Crippen MR) is 127 cm³/mol. The molecule has 0 aliphatic rings. The molecule has 0 saturated heterocycles. The summed E-state index contributed by atoms with van der Waals surface area (Å²) in [6, 6.07) is 9.82. The van der Waals surface area contributed by atoms with E-state index in [1.165, 1.54) is 11.3 Å². The Morgan fingerprint density at radius 3 is 2.64 bits per heavy atom. The van der Waals surface area contributed by atoms with Crippen molar-refractivity contribution in [2.45, 2.75) is 26.8 Å². The van der Waals surface area contributed by atoms with Gasteiger partial charge >= 0.3 is 0 Å². The number of carbonyl (C=O) groups is 1. The molecule has 0 aliphatic carbocycles. The molecule has 28 heavy (non-hydrogen) atoms. The van der Waals surface area contributed by atoms with Gasteiger partial charge in [0.05, 0.1) is 18.5 Å². The van der Waals surface area contributed by atoms with Crippen molar-refractivity contribution in [3.63, 3.8) is 0 Å². The molecule has 2 rings (SSSR count). The number of hydrogen-bond acceptors (Lipinski definition) is 4. The fourth-order valence-electron chi connectivity index (χ4n) is 2.48. The van der Waals surface area contributed by atoms with E-state index in [2.05, 4.69) is 27.0 Å². The van der Waals surface area contributed by atoms with Gasteiger partial charge in [-0.25, -0.2) is 4.99 Å². The van der Waals surface area contributed by atoms with Crippen LogP contribution >= 0.6 is 35.3 Å². The van der Waals surface area contributed by atoms with Gasteiger partial charge in [0, 0.05) is 25.2 Å². The van der Waals surface area contributed by atoms with Crippen LogP contribution < -0.4 is 20.7 Å². The van der Waals surface area contributed by atoms with E-state index in [1.54, 1.807) is 7.11 Å². The molecular formula is C20H29IN4O2S. The molecule has 0 saturated carbocycles. The standard InChI is InChI=1S/C20H28N4O2S.HI/c1-4-21-20(24-14-16-9-8-15(2)13-17(16)26-3)23-11-6-10-22-19(25)18-7-5-12-27-18;/h5,7-9,12-13H,4,6,10-11,14H2,1-3H3,(H,22,25)(H2,21,23,24);1H. The van der Waals surface area contributed by atoms with E-state index in [0.29, 0.717) is 13.1 Å². The van der Waals surface area contributed by atoms with Crippen LogP contribution in [0.15, 0.2) is 40.7 Å². The molecule has 0 atom stereocenters. The minimum atomic E-state index is -0.0166. The maximum Gasteiger partial charge on any atom is 0.261 e. The van der Waals surface area contributed by atoms with E-state index >= 15 is 0 Å². The van der Waals surface area contributed by atoms with Crippen molar-refractivity contribution in [3.05, 3.63) is 51.7 Å². The molecule has 1 aromatic carbocycles. The Balaban J connectivity index is 0.00000392. The third-order valence-corrected chi connectivity index (χ3v) is 4.74. The van der Waals surface area contributed by atoms with Crippen molar-refractivity contribution < 1.29 is 9.53 Å². The molecule has 0 fully saturated rings. The summed E-state index contributed by atoms with van der Waals surface area (Å²) in [5, 5.41) is 11.4. The van der Waals surface area contributed by atoms with Crippen molar-refractivity contribution in [1.29, 1.82) is 0 Å². The minimum absolute atomic E-state index is 0. The van der Waals surface area contributed by atoms with Crippen LogP contribution in [0, 0.1) is 6.92 Å². The number of hydrogen-bond donors (Lipinski definition) is 3. The second kappa shape index (κ2) is 13.4. The lowest BCUT2D eigenvalue weighted by atomic mass is 10.1. The van der Waals surface area contributed by atoms with Crippen LogP contribution in [0.5, 0.6) is 5.75 Å². The number of nitrogens with zero attached hydrogens (tertiary/aromatic N) is 1. The smallest absolute Gasteiger partial charge is 0.261 e. The van der Waals surface area contributed by atoms with Gasteiger partial charge in [-0.1, -0.05) is 18.2 Å².